The quantitative estimate of drug-likeness (QED) is 0.632. The zero-order valence-electron chi connectivity index (χ0n) is 13.7. The fourth-order valence-electron chi connectivity index (χ4n) is 1.99. The van der Waals surface area contributed by atoms with E-state index in [-0.39, 0.29) is 0 Å². The number of nitrogens with zero attached hydrogens (tertiary/aromatic N) is 1. The molecule has 5 nitrogen and oxygen atoms in total. The van der Waals surface area contributed by atoms with E-state index in [0.29, 0.717) is 21.2 Å². The molecule has 2 N–H and O–H groups in total. The van der Waals surface area contributed by atoms with Crippen molar-refractivity contribution in [3.8, 4) is 0 Å². The van der Waals surface area contributed by atoms with Crippen molar-refractivity contribution in [2.45, 2.75) is 0 Å². The van der Waals surface area contributed by atoms with Gasteiger partial charge in [-0.2, -0.15) is 0 Å². The maximum atomic E-state index is 12.1. The van der Waals surface area contributed by atoms with Gasteiger partial charge in [0, 0.05) is 47.0 Å². The summed E-state index contributed by atoms with van der Waals surface area (Å²) in [6.45, 7) is 0. The average molecular weight is 378 g/mol. The molecular formula is C18H17Cl2N3O2. The molecule has 0 saturated heterocycles. The lowest BCUT2D eigenvalue weighted by Gasteiger charge is -2.13. The van der Waals surface area contributed by atoms with Gasteiger partial charge in [-0.25, -0.2) is 0 Å². The van der Waals surface area contributed by atoms with Crippen molar-refractivity contribution in [2.75, 3.05) is 19.0 Å². The van der Waals surface area contributed by atoms with Gasteiger partial charge in [0.15, 0.2) is 0 Å². The lowest BCUT2D eigenvalue weighted by molar-refractivity contribution is -0.117. The number of benzene rings is 2. The maximum Gasteiger partial charge on any atom is 0.269 e. The molecule has 130 valence electrons. The van der Waals surface area contributed by atoms with Crippen LogP contribution < -0.4 is 15.8 Å². The van der Waals surface area contributed by atoms with Crippen molar-refractivity contribution >= 4 is 46.8 Å². The molecule has 0 bridgehead atoms. The summed E-state index contributed by atoms with van der Waals surface area (Å²) in [5.41, 5.74) is 6.52. The van der Waals surface area contributed by atoms with Crippen LogP contribution >= 0.6 is 23.2 Å². The molecule has 2 aromatic carbocycles. The number of halogens is 2. The lowest BCUT2D eigenvalue weighted by Crippen LogP contribution is -2.40. The topological polar surface area (TPSA) is 61.4 Å². The highest BCUT2D eigenvalue weighted by Gasteiger charge is 2.08. The number of carbonyl (C=O) groups is 2. The van der Waals surface area contributed by atoms with E-state index < -0.39 is 11.8 Å². The molecule has 0 atom stereocenters. The Morgan fingerprint density at radius 3 is 2.28 bits per heavy atom. The number of rotatable bonds is 4. The number of carbonyl (C=O) groups excluding carboxylic acids is 2. The second-order valence-electron chi connectivity index (χ2n) is 5.36. The third-order valence-corrected chi connectivity index (χ3v) is 3.98. The third-order valence-electron chi connectivity index (χ3n) is 3.33. The second-order valence-corrected chi connectivity index (χ2v) is 6.17. The van der Waals surface area contributed by atoms with E-state index in [1.165, 1.54) is 12.2 Å². The van der Waals surface area contributed by atoms with Crippen molar-refractivity contribution < 1.29 is 9.59 Å². The molecule has 25 heavy (non-hydrogen) atoms. The Balaban J connectivity index is 1.97. The van der Waals surface area contributed by atoms with E-state index in [1.807, 2.05) is 25.1 Å². The number of hydrazine groups is 1. The van der Waals surface area contributed by atoms with Gasteiger partial charge in [-0.3, -0.25) is 20.4 Å². The number of nitrogens with one attached hydrogen (secondary N) is 2. The summed E-state index contributed by atoms with van der Waals surface area (Å²) < 4.78 is 0. The Bertz CT molecular complexity index is 799. The summed E-state index contributed by atoms with van der Waals surface area (Å²) in [6, 6.07) is 12.1. The Labute approximate surface area is 156 Å². The summed E-state index contributed by atoms with van der Waals surface area (Å²) in [5, 5.41) is 0.863. The van der Waals surface area contributed by atoms with Crippen molar-refractivity contribution in [1.29, 1.82) is 0 Å². The van der Waals surface area contributed by atoms with Gasteiger partial charge in [-0.05, 0) is 36.4 Å². The second kappa shape index (κ2) is 8.55. The average Bonchev–Trinajstić information content (AvgIpc) is 2.59. The molecule has 7 heteroatoms. The van der Waals surface area contributed by atoms with Crippen LogP contribution in [0.5, 0.6) is 0 Å². The van der Waals surface area contributed by atoms with Crippen molar-refractivity contribution in [2.24, 2.45) is 0 Å². The molecule has 0 unspecified atom stereocenters. The highest BCUT2D eigenvalue weighted by atomic mass is 35.5. The highest BCUT2D eigenvalue weighted by Crippen LogP contribution is 2.25. The SMILES string of the molecule is CN(C)c1cccc(C(=O)NNC(=O)/C=C/c2c(Cl)cccc2Cl)c1. The molecule has 0 radical (unpaired) electrons. The van der Waals surface area contributed by atoms with Crippen LogP contribution in [0.2, 0.25) is 10.0 Å². The third kappa shape index (κ3) is 5.24. The van der Waals surface area contributed by atoms with Gasteiger partial charge in [0.1, 0.15) is 0 Å². The first-order valence-electron chi connectivity index (χ1n) is 7.38. The van der Waals surface area contributed by atoms with Crippen LogP contribution in [0.4, 0.5) is 5.69 Å². The monoisotopic (exact) mass is 377 g/mol. The molecule has 0 spiro atoms. The molecule has 0 aromatic heterocycles. The van der Waals surface area contributed by atoms with Gasteiger partial charge in [0.05, 0.1) is 0 Å². The normalized spacial score (nSPS) is 10.6. The fraction of sp³-hybridized carbons (Fsp3) is 0.111. The minimum atomic E-state index is -0.506. The van der Waals surface area contributed by atoms with Gasteiger partial charge in [-0.15, -0.1) is 0 Å². The van der Waals surface area contributed by atoms with Gasteiger partial charge in [0.25, 0.3) is 11.8 Å². The van der Waals surface area contributed by atoms with Gasteiger partial charge in [0.2, 0.25) is 0 Å². The minimum Gasteiger partial charge on any atom is -0.378 e. The Morgan fingerprint density at radius 2 is 1.64 bits per heavy atom. The molecular weight excluding hydrogens is 361 g/mol. The Hall–Kier alpha value is -2.50. The van der Waals surface area contributed by atoms with Crippen LogP contribution in [0, 0.1) is 0 Å². The Kier molecular flexibility index (Phi) is 6.44. The molecule has 0 aliphatic heterocycles. The van der Waals surface area contributed by atoms with Crippen LogP contribution in [0.25, 0.3) is 6.08 Å². The summed E-state index contributed by atoms with van der Waals surface area (Å²) in [7, 11) is 3.76. The number of hydrogen-bond donors (Lipinski definition) is 2. The highest BCUT2D eigenvalue weighted by molar-refractivity contribution is 6.37. The standard InChI is InChI=1S/C18H17Cl2N3O2/c1-23(2)13-6-3-5-12(11-13)18(25)22-21-17(24)10-9-14-15(19)7-4-8-16(14)20/h3-11H,1-2H3,(H,21,24)(H,22,25)/b10-9+. The first kappa shape index (κ1) is 18.8. The fourth-order valence-corrected chi connectivity index (χ4v) is 2.51. The molecule has 2 rings (SSSR count). The van der Waals surface area contributed by atoms with E-state index in [1.54, 1.807) is 36.4 Å². The largest absolute Gasteiger partial charge is 0.378 e. The summed E-state index contributed by atoms with van der Waals surface area (Å²) in [4.78, 5) is 25.8. The molecule has 0 aliphatic rings. The molecule has 0 aliphatic carbocycles. The number of amides is 2. The van der Waals surface area contributed by atoms with Crippen LogP contribution in [0.1, 0.15) is 15.9 Å². The maximum absolute atomic E-state index is 12.1. The van der Waals surface area contributed by atoms with E-state index in [2.05, 4.69) is 10.9 Å². The zero-order valence-corrected chi connectivity index (χ0v) is 15.2. The summed E-state index contributed by atoms with van der Waals surface area (Å²) >= 11 is 12.0. The number of hydrogen-bond acceptors (Lipinski definition) is 3. The lowest BCUT2D eigenvalue weighted by atomic mass is 10.2. The molecule has 0 fully saturated rings. The van der Waals surface area contributed by atoms with Crippen LogP contribution in [0.3, 0.4) is 0 Å². The predicted molar refractivity (Wildman–Crippen MR) is 102 cm³/mol. The number of anilines is 1. The smallest absolute Gasteiger partial charge is 0.269 e. The van der Waals surface area contributed by atoms with Crippen molar-refractivity contribution in [1.82, 2.24) is 10.9 Å². The molecule has 0 heterocycles. The minimum absolute atomic E-state index is 0.416. The van der Waals surface area contributed by atoms with Gasteiger partial charge < -0.3 is 4.90 Å². The molecule has 0 saturated carbocycles. The van der Waals surface area contributed by atoms with Crippen LogP contribution in [-0.4, -0.2) is 25.9 Å². The van der Waals surface area contributed by atoms with E-state index in [4.69, 9.17) is 23.2 Å². The first-order chi connectivity index (χ1) is 11.9. The zero-order chi connectivity index (χ0) is 18.4. The molecule has 2 aromatic rings. The summed E-state index contributed by atoms with van der Waals surface area (Å²) in [6.07, 6.45) is 2.72. The van der Waals surface area contributed by atoms with E-state index in [0.717, 1.165) is 5.69 Å². The van der Waals surface area contributed by atoms with Gasteiger partial charge in [-0.1, -0.05) is 35.3 Å². The van der Waals surface area contributed by atoms with Crippen LogP contribution in [0.15, 0.2) is 48.5 Å². The van der Waals surface area contributed by atoms with Crippen molar-refractivity contribution in [3.05, 3.63) is 69.7 Å². The first-order valence-corrected chi connectivity index (χ1v) is 8.14. The van der Waals surface area contributed by atoms with Crippen LogP contribution in [-0.2, 0) is 4.79 Å². The van der Waals surface area contributed by atoms with Gasteiger partial charge >= 0.3 is 0 Å². The summed E-state index contributed by atoms with van der Waals surface area (Å²) in [5.74, 6) is -0.922. The van der Waals surface area contributed by atoms with E-state index >= 15 is 0 Å². The van der Waals surface area contributed by atoms with E-state index in [9.17, 15) is 9.59 Å². The predicted octanol–water partition coefficient (Wildman–Crippen LogP) is 3.53. The van der Waals surface area contributed by atoms with Crippen molar-refractivity contribution in [3.63, 3.8) is 0 Å². The molecule has 2 amide bonds. The Morgan fingerprint density at radius 1 is 1.00 bits per heavy atom.